The minimum absolute atomic E-state index is 0.0613. The van der Waals surface area contributed by atoms with E-state index in [-0.39, 0.29) is 17.3 Å². The Balaban J connectivity index is 1.96. The van der Waals surface area contributed by atoms with Crippen molar-refractivity contribution in [2.24, 2.45) is 0 Å². The molecular formula is C28H33N3O5S. The van der Waals surface area contributed by atoms with E-state index in [1.165, 1.54) is 24.1 Å². The maximum absolute atomic E-state index is 13.7. The van der Waals surface area contributed by atoms with Crippen LogP contribution >= 0.6 is 0 Å². The molecule has 1 N–H and O–H groups in total. The van der Waals surface area contributed by atoms with E-state index < -0.39 is 28.5 Å². The highest BCUT2D eigenvalue weighted by molar-refractivity contribution is 7.92. The van der Waals surface area contributed by atoms with Gasteiger partial charge in [-0.25, -0.2) is 8.42 Å². The first-order valence-corrected chi connectivity index (χ1v) is 13.5. The van der Waals surface area contributed by atoms with E-state index in [2.05, 4.69) is 5.32 Å². The maximum atomic E-state index is 13.7. The number of hydrogen-bond donors (Lipinski definition) is 1. The van der Waals surface area contributed by atoms with Gasteiger partial charge in [-0.2, -0.15) is 0 Å². The van der Waals surface area contributed by atoms with E-state index in [0.29, 0.717) is 24.4 Å². The number of methoxy groups -OCH3 is 1. The van der Waals surface area contributed by atoms with Crippen molar-refractivity contribution in [3.63, 3.8) is 0 Å². The molecule has 3 rings (SSSR count). The van der Waals surface area contributed by atoms with Gasteiger partial charge in [-0.3, -0.25) is 13.9 Å². The fourth-order valence-electron chi connectivity index (χ4n) is 3.89. The molecule has 3 aromatic carbocycles. The van der Waals surface area contributed by atoms with Crippen LogP contribution in [-0.4, -0.2) is 57.9 Å². The Hall–Kier alpha value is -3.85. The molecule has 37 heavy (non-hydrogen) atoms. The predicted molar refractivity (Wildman–Crippen MR) is 144 cm³/mol. The van der Waals surface area contributed by atoms with E-state index in [0.717, 1.165) is 9.87 Å². The van der Waals surface area contributed by atoms with Gasteiger partial charge in [-0.05, 0) is 62.2 Å². The van der Waals surface area contributed by atoms with Crippen LogP contribution in [0.5, 0.6) is 5.75 Å². The Morgan fingerprint density at radius 3 is 2.08 bits per heavy atom. The summed E-state index contributed by atoms with van der Waals surface area (Å²) in [5.74, 6) is -0.225. The largest absolute Gasteiger partial charge is 0.497 e. The average Bonchev–Trinajstić information content (AvgIpc) is 2.93. The number of benzene rings is 3. The molecule has 9 heteroatoms. The molecular weight excluding hydrogens is 490 g/mol. The molecule has 0 radical (unpaired) electrons. The molecule has 2 amide bonds. The minimum Gasteiger partial charge on any atom is -0.497 e. The first kappa shape index (κ1) is 27.7. The van der Waals surface area contributed by atoms with E-state index >= 15 is 0 Å². The van der Waals surface area contributed by atoms with Crippen molar-refractivity contribution in [2.45, 2.75) is 31.2 Å². The molecule has 0 bridgehead atoms. The zero-order valence-corrected chi connectivity index (χ0v) is 22.1. The number of anilines is 1. The molecule has 1 atom stereocenters. The summed E-state index contributed by atoms with van der Waals surface area (Å²) in [7, 11) is -2.56. The standard InChI is InChI=1S/C28H33N3O5S/c1-4-29-28(33)22(2)30(20-19-23-11-7-5-8-12-23)27(32)21-31(24-15-17-25(36-3)18-16-24)37(34,35)26-13-9-6-10-14-26/h5-18,22H,4,19-21H2,1-3H3,(H,29,33)/t22-/m1/s1. The monoisotopic (exact) mass is 523 g/mol. The zero-order chi connectivity index (χ0) is 26.8. The van der Waals surface area contributed by atoms with Gasteiger partial charge >= 0.3 is 0 Å². The van der Waals surface area contributed by atoms with E-state index in [1.54, 1.807) is 56.3 Å². The van der Waals surface area contributed by atoms with Crippen LogP contribution in [0.25, 0.3) is 0 Å². The molecule has 196 valence electrons. The fraction of sp³-hybridized carbons (Fsp3) is 0.286. The molecule has 0 heterocycles. The highest BCUT2D eigenvalue weighted by Gasteiger charge is 2.32. The lowest BCUT2D eigenvalue weighted by atomic mass is 10.1. The van der Waals surface area contributed by atoms with Gasteiger partial charge in [0.15, 0.2) is 0 Å². The zero-order valence-electron chi connectivity index (χ0n) is 21.3. The fourth-order valence-corrected chi connectivity index (χ4v) is 5.32. The smallest absolute Gasteiger partial charge is 0.264 e. The molecule has 0 aliphatic heterocycles. The molecule has 0 aliphatic rings. The van der Waals surface area contributed by atoms with Crippen molar-refractivity contribution in [3.05, 3.63) is 90.5 Å². The summed E-state index contributed by atoms with van der Waals surface area (Å²) in [6, 6.07) is 23.2. The first-order valence-electron chi connectivity index (χ1n) is 12.1. The molecule has 0 aromatic heterocycles. The van der Waals surface area contributed by atoms with E-state index in [4.69, 9.17) is 4.74 Å². The van der Waals surface area contributed by atoms with Gasteiger partial charge in [0.1, 0.15) is 18.3 Å². The van der Waals surface area contributed by atoms with Crippen molar-refractivity contribution in [2.75, 3.05) is 31.0 Å². The first-order chi connectivity index (χ1) is 17.8. The summed E-state index contributed by atoms with van der Waals surface area (Å²) >= 11 is 0. The number of ether oxygens (including phenoxy) is 1. The van der Waals surface area contributed by atoms with Gasteiger partial charge in [-0.1, -0.05) is 48.5 Å². The van der Waals surface area contributed by atoms with Gasteiger partial charge in [0.25, 0.3) is 10.0 Å². The van der Waals surface area contributed by atoms with Crippen LogP contribution in [0.4, 0.5) is 5.69 Å². The predicted octanol–water partition coefficient (Wildman–Crippen LogP) is 3.49. The molecule has 3 aromatic rings. The van der Waals surface area contributed by atoms with Gasteiger partial charge in [0.2, 0.25) is 11.8 Å². The van der Waals surface area contributed by atoms with E-state index in [1.807, 2.05) is 30.3 Å². The maximum Gasteiger partial charge on any atom is 0.264 e. The Bertz CT molecular complexity index is 1270. The minimum atomic E-state index is -4.08. The number of rotatable bonds is 12. The van der Waals surface area contributed by atoms with Crippen molar-refractivity contribution in [3.8, 4) is 5.75 Å². The molecule has 0 saturated heterocycles. The summed E-state index contributed by atoms with van der Waals surface area (Å²) in [5.41, 5.74) is 1.32. The molecule has 0 aliphatic carbocycles. The van der Waals surface area contributed by atoms with E-state index in [9.17, 15) is 18.0 Å². The summed E-state index contributed by atoms with van der Waals surface area (Å²) in [5, 5.41) is 2.75. The van der Waals surface area contributed by atoms with Crippen molar-refractivity contribution in [1.29, 1.82) is 0 Å². The summed E-state index contributed by atoms with van der Waals surface area (Å²) in [6.07, 6.45) is 0.518. The van der Waals surface area contributed by atoms with Crippen LogP contribution in [0.1, 0.15) is 19.4 Å². The highest BCUT2D eigenvalue weighted by atomic mass is 32.2. The van der Waals surface area contributed by atoms with Crippen LogP contribution in [0.15, 0.2) is 89.8 Å². The number of nitrogens with one attached hydrogen (secondary N) is 1. The van der Waals surface area contributed by atoms with Gasteiger partial charge < -0.3 is 15.0 Å². The lowest BCUT2D eigenvalue weighted by Crippen LogP contribution is -2.52. The third-order valence-electron chi connectivity index (χ3n) is 5.97. The van der Waals surface area contributed by atoms with Crippen LogP contribution < -0.4 is 14.4 Å². The average molecular weight is 524 g/mol. The molecule has 0 unspecified atom stereocenters. The topological polar surface area (TPSA) is 96.0 Å². The second kappa shape index (κ2) is 12.9. The Labute approximate surface area is 218 Å². The molecule has 0 saturated carbocycles. The van der Waals surface area contributed by atoms with Crippen LogP contribution in [0, 0.1) is 0 Å². The third-order valence-corrected chi connectivity index (χ3v) is 7.76. The van der Waals surface area contributed by atoms with Crippen LogP contribution in [-0.2, 0) is 26.0 Å². The summed E-state index contributed by atoms with van der Waals surface area (Å²) < 4.78 is 33.6. The summed E-state index contributed by atoms with van der Waals surface area (Å²) in [6.45, 7) is 3.66. The number of amides is 2. The van der Waals surface area contributed by atoms with Crippen molar-refractivity contribution < 1.29 is 22.7 Å². The van der Waals surface area contributed by atoms with Gasteiger partial charge in [-0.15, -0.1) is 0 Å². The Kier molecular flexibility index (Phi) is 9.68. The second-order valence-corrected chi connectivity index (χ2v) is 10.3. The highest BCUT2D eigenvalue weighted by Crippen LogP contribution is 2.26. The number of carbonyl (C=O) groups is 2. The number of carbonyl (C=O) groups excluding carboxylic acids is 2. The van der Waals surface area contributed by atoms with Gasteiger partial charge in [0.05, 0.1) is 17.7 Å². The van der Waals surface area contributed by atoms with Crippen LogP contribution in [0.2, 0.25) is 0 Å². The van der Waals surface area contributed by atoms with Crippen molar-refractivity contribution in [1.82, 2.24) is 10.2 Å². The van der Waals surface area contributed by atoms with Crippen LogP contribution in [0.3, 0.4) is 0 Å². The molecule has 0 fully saturated rings. The third kappa shape index (κ3) is 7.10. The quantitative estimate of drug-likeness (QED) is 0.392. The normalized spacial score (nSPS) is 11.9. The lowest BCUT2D eigenvalue weighted by Gasteiger charge is -2.32. The Morgan fingerprint density at radius 1 is 0.919 bits per heavy atom. The molecule has 0 spiro atoms. The number of sulfonamides is 1. The SMILES string of the molecule is CCNC(=O)[C@@H](C)N(CCc1ccccc1)C(=O)CN(c1ccc(OC)cc1)S(=O)(=O)c1ccccc1. The Morgan fingerprint density at radius 2 is 1.51 bits per heavy atom. The molecule has 8 nitrogen and oxygen atoms in total. The van der Waals surface area contributed by atoms with Gasteiger partial charge in [0, 0.05) is 13.1 Å². The second-order valence-electron chi connectivity index (χ2n) is 8.42. The number of nitrogens with zero attached hydrogens (tertiary/aromatic N) is 2. The summed E-state index contributed by atoms with van der Waals surface area (Å²) in [4.78, 5) is 27.9. The lowest BCUT2D eigenvalue weighted by molar-refractivity contribution is -0.138. The number of hydrogen-bond acceptors (Lipinski definition) is 5. The van der Waals surface area contributed by atoms with Crippen molar-refractivity contribution >= 4 is 27.5 Å². The number of likely N-dealkylation sites (N-methyl/N-ethyl adjacent to an activating group) is 1.